The zero-order valence-corrected chi connectivity index (χ0v) is 8.45. The zero-order chi connectivity index (χ0) is 9.97. The van der Waals surface area contributed by atoms with Crippen molar-refractivity contribution in [1.29, 1.82) is 0 Å². The van der Waals surface area contributed by atoms with Gasteiger partial charge in [-0.2, -0.15) is 0 Å². The van der Waals surface area contributed by atoms with Crippen molar-refractivity contribution in [2.45, 2.75) is 20.3 Å². The van der Waals surface area contributed by atoms with E-state index in [1.54, 1.807) is 6.20 Å². The first-order valence-electron chi connectivity index (χ1n) is 4.81. The van der Waals surface area contributed by atoms with Gasteiger partial charge in [0.1, 0.15) is 5.76 Å². The maximum Gasteiger partial charge on any atom is 0.226 e. The van der Waals surface area contributed by atoms with Crippen LogP contribution >= 0.6 is 0 Å². The van der Waals surface area contributed by atoms with Crippen molar-refractivity contribution in [3.63, 3.8) is 0 Å². The summed E-state index contributed by atoms with van der Waals surface area (Å²) in [5.74, 6) is 1.64. The summed E-state index contributed by atoms with van der Waals surface area (Å²) in [6.45, 7) is 4.12. The van der Waals surface area contributed by atoms with Crippen LogP contribution in [0, 0.1) is 6.92 Å². The Balaban J connectivity index is 2.34. The molecular weight excluding hydrogens is 174 g/mol. The summed E-state index contributed by atoms with van der Waals surface area (Å²) in [6, 6.07) is 8.18. The summed E-state index contributed by atoms with van der Waals surface area (Å²) in [4.78, 5) is 4.22. The van der Waals surface area contributed by atoms with Gasteiger partial charge in [-0.1, -0.05) is 24.6 Å². The maximum atomic E-state index is 5.55. The molecule has 2 heteroatoms. The van der Waals surface area contributed by atoms with E-state index in [1.807, 2.05) is 12.1 Å². The molecular formula is C12H13NO. The minimum absolute atomic E-state index is 0.710. The van der Waals surface area contributed by atoms with Gasteiger partial charge in [0, 0.05) is 12.0 Å². The molecule has 0 saturated carbocycles. The Kier molecular flexibility index (Phi) is 2.35. The van der Waals surface area contributed by atoms with Gasteiger partial charge in [-0.15, -0.1) is 0 Å². The maximum absolute atomic E-state index is 5.55. The van der Waals surface area contributed by atoms with Gasteiger partial charge in [-0.05, 0) is 19.1 Å². The number of hydrogen-bond acceptors (Lipinski definition) is 2. The normalized spacial score (nSPS) is 10.4. The van der Waals surface area contributed by atoms with Crippen LogP contribution < -0.4 is 0 Å². The highest BCUT2D eigenvalue weighted by molar-refractivity contribution is 5.53. The average Bonchev–Trinajstić information content (AvgIpc) is 2.67. The number of oxazole rings is 1. The molecule has 14 heavy (non-hydrogen) atoms. The minimum Gasteiger partial charge on any atom is -0.441 e. The lowest BCUT2D eigenvalue weighted by Gasteiger charge is -1.95. The fraction of sp³-hybridized carbons (Fsp3) is 0.250. The number of hydrogen-bond donors (Lipinski definition) is 0. The van der Waals surface area contributed by atoms with E-state index in [1.165, 1.54) is 5.56 Å². The molecule has 0 aliphatic heterocycles. The quantitative estimate of drug-likeness (QED) is 0.721. The molecule has 0 N–H and O–H groups in total. The Hall–Kier alpha value is -1.57. The third kappa shape index (κ3) is 1.69. The summed E-state index contributed by atoms with van der Waals surface area (Å²) in [6.07, 6.45) is 2.67. The molecule has 0 aliphatic carbocycles. The molecule has 2 rings (SSSR count). The van der Waals surface area contributed by atoms with Gasteiger partial charge >= 0.3 is 0 Å². The second-order valence-corrected chi connectivity index (χ2v) is 3.35. The number of aryl methyl sites for hydroxylation is 2. The van der Waals surface area contributed by atoms with E-state index in [2.05, 4.69) is 31.0 Å². The first-order chi connectivity index (χ1) is 6.79. The number of benzene rings is 1. The van der Waals surface area contributed by atoms with Crippen molar-refractivity contribution in [2.75, 3.05) is 0 Å². The molecule has 0 atom stereocenters. The van der Waals surface area contributed by atoms with E-state index < -0.39 is 0 Å². The van der Waals surface area contributed by atoms with Crippen LogP contribution in [0.4, 0.5) is 0 Å². The second-order valence-electron chi connectivity index (χ2n) is 3.35. The molecule has 2 nitrogen and oxygen atoms in total. The highest BCUT2D eigenvalue weighted by Gasteiger charge is 2.04. The van der Waals surface area contributed by atoms with Crippen LogP contribution in [0.25, 0.3) is 11.5 Å². The largest absolute Gasteiger partial charge is 0.441 e. The van der Waals surface area contributed by atoms with E-state index >= 15 is 0 Å². The van der Waals surface area contributed by atoms with Crippen LogP contribution in [-0.2, 0) is 6.42 Å². The van der Waals surface area contributed by atoms with Gasteiger partial charge in [-0.3, -0.25) is 0 Å². The molecule has 0 fully saturated rings. The summed E-state index contributed by atoms with van der Waals surface area (Å²) >= 11 is 0. The Bertz CT molecular complexity index is 414. The molecule has 0 saturated heterocycles. The molecule has 0 unspecified atom stereocenters. The van der Waals surface area contributed by atoms with Crippen LogP contribution in [0.1, 0.15) is 18.2 Å². The highest BCUT2D eigenvalue weighted by atomic mass is 16.4. The topological polar surface area (TPSA) is 26.0 Å². The summed E-state index contributed by atoms with van der Waals surface area (Å²) in [5.41, 5.74) is 2.28. The highest BCUT2D eigenvalue weighted by Crippen LogP contribution is 2.19. The number of nitrogens with zero attached hydrogens (tertiary/aromatic N) is 1. The Morgan fingerprint density at radius 2 is 1.93 bits per heavy atom. The third-order valence-electron chi connectivity index (χ3n) is 2.20. The van der Waals surface area contributed by atoms with E-state index in [-0.39, 0.29) is 0 Å². The van der Waals surface area contributed by atoms with Gasteiger partial charge in [0.05, 0.1) is 6.20 Å². The van der Waals surface area contributed by atoms with E-state index in [0.717, 1.165) is 17.7 Å². The van der Waals surface area contributed by atoms with Crippen molar-refractivity contribution in [1.82, 2.24) is 4.98 Å². The van der Waals surface area contributed by atoms with Gasteiger partial charge in [0.2, 0.25) is 5.89 Å². The second kappa shape index (κ2) is 3.66. The molecule has 1 aromatic heterocycles. The van der Waals surface area contributed by atoms with Crippen LogP contribution in [0.2, 0.25) is 0 Å². The Morgan fingerprint density at radius 1 is 1.21 bits per heavy atom. The Morgan fingerprint density at radius 3 is 2.50 bits per heavy atom. The minimum atomic E-state index is 0.710. The van der Waals surface area contributed by atoms with Crippen molar-refractivity contribution in [3.8, 4) is 11.5 Å². The number of aromatic nitrogens is 1. The average molecular weight is 187 g/mol. The van der Waals surface area contributed by atoms with Crippen molar-refractivity contribution < 1.29 is 4.42 Å². The molecule has 0 spiro atoms. The molecule has 72 valence electrons. The summed E-state index contributed by atoms with van der Waals surface area (Å²) in [5, 5.41) is 0. The molecule has 0 amide bonds. The third-order valence-corrected chi connectivity index (χ3v) is 2.20. The van der Waals surface area contributed by atoms with Gasteiger partial charge in [0.25, 0.3) is 0 Å². The molecule has 0 radical (unpaired) electrons. The van der Waals surface area contributed by atoms with Gasteiger partial charge in [0.15, 0.2) is 0 Å². The van der Waals surface area contributed by atoms with Crippen LogP contribution in [0.5, 0.6) is 0 Å². The van der Waals surface area contributed by atoms with Crippen LogP contribution in [0.3, 0.4) is 0 Å². The van der Waals surface area contributed by atoms with Crippen LogP contribution in [0.15, 0.2) is 34.9 Å². The first kappa shape index (κ1) is 9.00. The van der Waals surface area contributed by atoms with Crippen LogP contribution in [-0.4, -0.2) is 4.98 Å². The summed E-state index contributed by atoms with van der Waals surface area (Å²) < 4.78 is 5.55. The van der Waals surface area contributed by atoms with Gasteiger partial charge < -0.3 is 4.42 Å². The predicted octanol–water partition coefficient (Wildman–Crippen LogP) is 3.21. The molecule has 1 aromatic carbocycles. The number of rotatable bonds is 2. The Labute approximate surface area is 83.6 Å². The van der Waals surface area contributed by atoms with E-state index in [9.17, 15) is 0 Å². The monoisotopic (exact) mass is 187 g/mol. The smallest absolute Gasteiger partial charge is 0.226 e. The fourth-order valence-corrected chi connectivity index (χ4v) is 1.30. The van der Waals surface area contributed by atoms with E-state index in [4.69, 9.17) is 4.42 Å². The molecule has 2 aromatic rings. The van der Waals surface area contributed by atoms with E-state index in [0.29, 0.717) is 5.89 Å². The summed E-state index contributed by atoms with van der Waals surface area (Å²) in [7, 11) is 0. The first-order valence-corrected chi connectivity index (χ1v) is 4.81. The SMILES string of the molecule is CCc1cnc(-c2ccc(C)cc2)o1. The predicted molar refractivity (Wildman–Crippen MR) is 56.1 cm³/mol. The standard InChI is InChI=1S/C12H13NO/c1-3-11-8-13-12(14-11)10-6-4-9(2)5-7-10/h4-8H,3H2,1-2H3. The van der Waals surface area contributed by atoms with Crippen molar-refractivity contribution in [3.05, 3.63) is 41.8 Å². The fourth-order valence-electron chi connectivity index (χ4n) is 1.30. The molecule has 0 bridgehead atoms. The van der Waals surface area contributed by atoms with Crippen molar-refractivity contribution >= 4 is 0 Å². The zero-order valence-electron chi connectivity index (χ0n) is 8.45. The lowest BCUT2D eigenvalue weighted by atomic mass is 10.1. The lowest BCUT2D eigenvalue weighted by molar-refractivity contribution is 0.524. The van der Waals surface area contributed by atoms with Gasteiger partial charge in [-0.25, -0.2) is 4.98 Å². The molecule has 1 heterocycles. The lowest BCUT2D eigenvalue weighted by Crippen LogP contribution is -1.77. The molecule has 0 aliphatic rings. The van der Waals surface area contributed by atoms with Crippen molar-refractivity contribution in [2.24, 2.45) is 0 Å².